The molecule has 1 fully saturated rings. The SMILES string of the molecule is CS(=O)(=O)c1nc(C(=O)N2C[C@@H](N)[C@H](c3ccccc3)C2)c2ccccn12. The Hall–Kier alpha value is -2.71. The molecule has 3 heterocycles. The minimum absolute atomic E-state index is 0.0402. The van der Waals surface area contributed by atoms with Gasteiger partial charge in [-0.05, 0) is 17.7 Å². The predicted molar refractivity (Wildman–Crippen MR) is 101 cm³/mol. The summed E-state index contributed by atoms with van der Waals surface area (Å²) in [4.78, 5) is 19.0. The number of amides is 1. The van der Waals surface area contributed by atoms with Gasteiger partial charge in [-0.2, -0.15) is 0 Å². The topological polar surface area (TPSA) is 97.8 Å². The summed E-state index contributed by atoms with van der Waals surface area (Å²) in [5, 5.41) is -0.135. The van der Waals surface area contributed by atoms with Gasteiger partial charge in [-0.15, -0.1) is 0 Å². The van der Waals surface area contributed by atoms with E-state index in [2.05, 4.69) is 4.98 Å². The van der Waals surface area contributed by atoms with E-state index in [1.165, 1.54) is 4.40 Å². The Kier molecular flexibility index (Phi) is 4.24. The minimum atomic E-state index is -3.57. The van der Waals surface area contributed by atoms with E-state index in [1.807, 2.05) is 30.3 Å². The number of carbonyl (C=O) groups is 1. The van der Waals surface area contributed by atoms with E-state index >= 15 is 0 Å². The molecule has 7 nitrogen and oxygen atoms in total. The summed E-state index contributed by atoms with van der Waals surface area (Å²) in [6.45, 7) is 0.878. The van der Waals surface area contributed by atoms with E-state index in [9.17, 15) is 13.2 Å². The fourth-order valence-corrected chi connectivity index (χ4v) is 4.40. The lowest BCUT2D eigenvalue weighted by molar-refractivity contribution is 0.0785. The molecule has 0 unspecified atom stereocenters. The number of fused-ring (bicyclic) bond motifs is 1. The highest BCUT2D eigenvalue weighted by Gasteiger charge is 2.36. The fraction of sp³-hybridized carbons (Fsp3) is 0.263. The van der Waals surface area contributed by atoms with Gasteiger partial charge in [0, 0.05) is 37.5 Å². The van der Waals surface area contributed by atoms with Crippen LogP contribution < -0.4 is 5.73 Å². The Morgan fingerprint density at radius 3 is 2.52 bits per heavy atom. The maximum absolute atomic E-state index is 13.1. The summed E-state index contributed by atoms with van der Waals surface area (Å²) in [5.41, 5.74) is 7.99. The molecule has 0 saturated carbocycles. The number of benzene rings is 1. The van der Waals surface area contributed by atoms with Crippen molar-refractivity contribution in [1.29, 1.82) is 0 Å². The first kappa shape index (κ1) is 17.7. The van der Waals surface area contributed by atoms with Crippen LogP contribution in [0.2, 0.25) is 0 Å². The standard InChI is InChI=1S/C19H20N4O3S/c1-27(25,26)19-21-17(16-9-5-6-10-23(16)19)18(24)22-11-14(15(20)12-22)13-7-3-2-4-8-13/h2-10,14-15H,11-12,20H2,1H3/t14-,15+/m0/s1. The molecule has 2 atom stereocenters. The molecular formula is C19H20N4O3S. The highest BCUT2D eigenvalue weighted by atomic mass is 32.2. The fourth-order valence-electron chi connectivity index (χ4n) is 3.63. The lowest BCUT2D eigenvalue weighted by atomic mass is 9.95. The Morgan fingerprint density at radius 2 is 1.81 bits per heavy atom. The van der Waals surface area contributed by atoms with Crippen molar-refractivity contribution < 1.29 is 13.2 Å². The normalized spacial score (nSPS) is 20.3. The first-order valence-corrected chi connectivity index (χ1v) is 10.5. The molecule has 0 bridgehead atoms. The predicted octanol–water partition coefficient (Wildman–Crippen LogP) is 1.30. The average Bonchev–Trinajstić information content (AvgIpc) is 3.23. The van der Waals surface area contributed by atoms with Gasteiger partial charge in [0.25, 0.3) is 5.91 Å². The first-order valence-electron chi connectivity index (χ1n) is 8.63. The number of nitrogens with two attached hydrogens (primary N) is 1. The van der Waals surface area contributed by atoms with Crippen molar-refractivity contribution in [3.05, 3.63) is 66.0 Å². The molecule has 2 aromatic heterocycles. The maximum Gasteiger partial charge on any atom is 0.274 e. The van der Waals surface area contributed by atoms with Crippen LogP contribution in [0, 0.1) is 0 Å². The molecule has 1 aliphatic heterocycles. The van der Waals surface area contributed by atoms with E-state index in [0.717, 1.165) is 11.8 Å². The lowest BCUT2D eigenvalue weighted by Crippen LogP contribution is -2.32. The van der Waals surface area contributed by atoms with Crippen LogP contribution in [0.4, 0.5) is 0 Å². The number of carbonyl (C=O) groups excluding carboxylic acids is 1. The van der Waals surface area contributed by atoms with Crippen molar-refractivity contribution in [1.82, 2.24) is 14.3 Å². The molecule has 2 N–H and O–H groups in total. The number of imidazole rings is 1. The van der Waals surface area contributed by atoms with Crippen LogP contribution in [0.25, 0.3) is 5.52 Å². The van der Waals surface area contributed by atoms with Gasteiger partial charge < -0.3 is 10.6 Å². The molecule has 27 heavy (non-hydrogen) atoms. The first-order chi connectivity index (χ1) is 12.9. The molecule has 1 aliphatic rings. The molecule has 1 aromatic carbocycles. The summed E-state index contributed by atoms with van der Waals surface area (Å²) < 4.78 is 25.6. The van der Waals surface area contributed by atoms with Crippen molar-refractivity contribution in [3.63, 3.8) is 0 Å². The Balaban J connectivity index is 1.70. The van der Waals surface area contributed by atoms with Gasteiger partial charge in [0.05, 0.1) is 5.52 Å². The van der Waals surface area contributed by atoms with Crippen molar-refractivity contribution in [2.75, 3.05) is 19.3 Å². The zero-order chi connectivity index (χ0) is 19.2. The number of nitrogens with zero attached hydrogens (tertiary/aromatic N) is 3. The van der Waals surface area contributed by atoms with Crippen molar-refractivity contribution in [3.8, 4) is 0 Å². The third kappa shape index (κ3) is 3.11. The molecule has 0 spiro atoms. The third-order valence-electron chi connectivity index (χ3n) is 4.93. The summed E-state index contributed by atoms with van der Waals surface area (Å²) in [6.07, 6.45) is 2.68. The van der Waals surface area contributed by atoms with Crippen molar-refractivity contribution >= 4 is 21.3 Å². The van der Waals surface area contributed by atoms with Crippen LogP contribution in [0.1, 0.15) is 22.0 Å². The molecule has 4 rings (SSSR count). The van der Waals surface area contributed by atoms with Gasteiger partial charge in [-0.25, -0.2) is 13.4 Å². The number of rotatable bonds is 3. The smallest absolute Gasteiger partial charge is 0.274 e. The highest BCUT2D eigenvalue weighted by Crippen LogP contribution is 2.28. The van der Waals surface area contributed by atoms with Crippen LogP contribution in [0.5, 0.6) is 0 Å². The summed E-state index contributed by atoms with van der Waals surface area (Å²) >= 11 is 0. The summed E-state index contributed by atoms with van der Waals surface area (Å²) in [6, 6.07) is 14.8. The van der Waals surface area contributed by atoms with Crippen LogP contribution in [-0.2, 0) is 9.84 Å². The second-order valence-corrected chi connectivity index (χ2v) is 8.77. The zero-order valence-electron chi connectivity index (χ0n) is 14.8. The van der Waals surface area contributed by atoms with Crippen LogP contribution in [-0.4, -0.2) is 54.0 Å². The largest absolute Gasteiger partial charge is 0.335 e. The summed E-state index contributed by atoms with van der Waals surface area (Å²) in [5.74, 6) is -0.263. The number of sulfone groups is 1. The minimum Gasteiger partial charge on any atom is -0.335 e. The van der Waals surface area contributed by atoms with Crippen molar-refractivity contribution in [2.24, 2.45) is 5.73 Å². The quantitative estimate of drug-likeness (QED) is 0.734. The maximum atomic E-state index is 13.1. The zero-order valence-corrected chi connectivity index (χ0v) is 15.6. The van der Waals surface area contributed by atoms with Gasteiger partial charge in [-0.1, -0.05) is 36.4 Å². The van der Waals surface area contributed by atoms with Gasteiger partial charge >= 0.3 is 0 Å². The number of hydrogen-bond donors (Lipinski definition) is 1. The van der Waals surface area contributed by atoms with Crippen LogP contribution >= 0.6 is 0 Å². The molecular weight excluding hydrogens is 364 g/mol. The Bertz CT molecular complexity index is 1110. The van der Waals surface area contributed by atoms with E-state index in [0.29, 0.717) is 18.6 Å². The van der Waals surface area contributed by atoms with Gasteiger partial charge in [0.2, 0.25) is 15.0 Å². The second-order valence-electron chi connectivity index (χ2n) is 6.86. The van der Waals surface area contributed by atoms with Crippen molar-refractivity contribution in [2.45, 2.75) is 17.1 Å². The van der Waals surface area contributed by atoms with Crippen LogP contribution in [0.15, 0.2) is 59.9 Å². The molecule has 3 aromatic rings. The monoisotopic (exact) mass is 384 g/mol. The highest BCUT2D eigenvalue weighted by molar-refractivity contribution is 7.90. The number of hydrogen-bond acceptors (Lipinski definition) is 5. The Labute approximate surface area is 157 Å². The van der Waals surface area contributed by atoms with E-state index < -0.39 is 9.84 Å². The number of aromatic nitrogens is 2. The van der Waals surface area contributed by atoms with Gasteiger partial charge in [-0.3, -0.25) is 9.20 Å². The van der Waals surface area contributed by atoms with E-state index in [4.69, 9.17) is 5.73 Å². The molecule has 140 valence electrons. The molecule has 0 aliphatic carbocycles. The second kappa shape index (κ2) is 6.47. The van der Waals surface area contributed by atoms with E-state index in [-0.39, 0.29) is 28.7 Å². The van der Waals surface area contributed by atoms with Gasteiger partial charge in [0.1, 0.15) is 0 Å². The number of pyridine rings is 1. The van der Waals surface area contributed by atoms with Crippen LogP contribution in [0.3, 0.4) is 0 Å². The lowest BCUT2D eigenvalue weighted by Gasteiger charge is -2.15. The molecule has 1 saturated heterocycles. The van der Waals surface area contributed by atoms with E-state index in [1.54, 1.807) is 29.3 Å². The summed E-state index contributed by atoms with van der Waals surface area (Å²) in [7, 11) is -3.57. The molecule has 8 heteroatoms. The third-order valence-corrected chi connectivity index (χ3v) is 5.88. The Morgan fingerprint density at radius 1 is 1.11 bits per heavy atom. The molecule has 1 amide bonds. The number of likely N-dealkylation sites (tertiary alicyclic amines) is 1. The molecule has 0 radical (unpaired) electrons. The average molecular weight is 384 g/mol. The van der Waals surface area contributed by atoms with Gasteiger partial charge in [0.15, 0.2) is 5.69 Å².